The first kappa shape index (κ1) is 74.9. The number of cyclic esters (lactones) is 4. The molecule has 115 heavy (non-hydrogen) atoms. The molecule has 11 aromatic carbocycles. The van der Waals surface area contributed by atoms with Crippen molar-refractivity contribution >= 4 is 62.3 Å². The highest BCUT2D eigenvalue weighted by Gasteiger charge is 2.39. The maximum absolute atomic E-state index is 12.8. The van der Waals surface area contributed by atoms with Gasteiger partial charge in [-0.2, -0.15) is 0 Å². The van der Waals surface area contributed by atoms with Crippen LogP contribution >= 0.6 is 0 Å². The molecule has 28 nitrogen and oxygen atoms in total. The molecule has 590 valence electrons. The Morgan fingerprint density at radius 3 is 1.27 bits per heavy atom. The molecule has 1 saturated heterocycles. The zero-order valence-electron chi connectivity index (χ0n) is 64.0. The lowest BCUT2D eigenvalue weighted by molar-refractivity contribution is -0.135. The van der Waals surface area contributed by atoms with Crippen LogP contribution in [0.2, 0.25) is 0 Å². The summed E-state index contributed by atoms with van der Waals surface area (Å²) in [4.78, 5) is 50.3. The van der Waals surface area contributed by atoms with Crippen molar-refractivity contribution in [2.24, 2.45) is 5.92 Å². The van der Waals surface area contributed by atoms with E-state index in [0.29, 0.717) is 194 Å². The SMILES string of the molecule is COc1cc2c(-c3ccc4c(c3)OCO4)c3c(c(OC)c2c(OC)c1OC)COC3=O.COc1cc2c(OC)c3c(c(-c4ccc5c(c4)OCO5)c2cc1OC)C(=O)OC3.COc1ccc(-c2c3c(c(O)c4cc5c(cc24)OCO5)COC3=O)cc1OC.COc1ccc(CC2COC(=O)/C2=C\c2ccc3c(c2)OCO3)cc1OC. The predicted octanol–water partition coefficient (Wildman–Crippen LogP) is 14.7. The van der Waals surface area contributed by atoms with Crippen molar-refractivity contribution in [2.45, 2.75) is 26.2 Å². The number of phenolic OH excluding ortho intramolecular Hbond substituents is 1. The highest BCUT2D eigenvalue weighted by atomic mass is 16.7. The van der Waals surface area contributed by atoms with Gasteiger partial charge in [0, 0.05) is 61.0 Å². The van der Waals surface area contributed by atoms with Crippen LogP contribution in [0.1, 0.15) is 58.9 Å². The largest absolute Gasteiger partial charge is 0.507 e. The van der Waals surface area contributed by atoms with Crippen molar-refractivity contribution in [2.75, 3.05) is 112 Å². The van der Waals surface area contributed by atoms with Crippen LogP contribution in [0.5, 0.6) is 115 Å². The molecule has 0 spiro atoms. The number of fused-ring (bicyclic) bond motifs is 10. The quantitative estimate of drug-likeness (QED) is 0.0503. The molecule has 0 radical (unpaired) electrons. The van der Waals surface area contributed by atoms with Crippen molar-refractivity contribution in [1.82, 2.24) is 0 Å². The topological polar surface area (TPSA) is 301 Å². The molecular weight excluding hydrogens is 1490 g/mol. The van der Waals surface area contributed by atoms with Crippen molar-refractivity contribution in [3.05, 3.63) is 171 Å². The average molecular weight is 1570 g/mol. The van der Waals surface area contributed by atoms with E-state index in [9.17, 15) is 24.3 Å². The number of benzene rings is 11. The fourth-order valence-electron chi connectivity index (χ4n) is 15.4. The number of hydrogen-bond donors (Lipinski definition) is 1. The number of carbonyl (C=O) groups excluding carboxylic acids is 4. The van der Waals surface area contributed by atoms with Crippen molar-refractivity contribution in [3.8, 4) is 148 Å². The third-order valence-corrected chi connectivity index (χ3v) is 20.7. The molecule has 11 aromatic rings. The second-order valence-electron chi connectivity index (χ2n) is 26.5. The summed E-state index contributed by atoms with van der Waals surface area (Å²) in [5.41, 5.74) is 10.0. The lowest BCUT2D eigenvalue weighted by Crippen LogP contribution is -2.08. The normalized spacial score (nSPS) is 15.2. The number of esters is 4. The lowest BCUT2D eigenvalue weighted by Gasteiger charge is -2.21. The van der Waals surface area contributed by atoms with Gasteiger partial charge < -0.3 is 114 Å². The van der Waals surface area contributed by atoms with Gasteiger partial charge in [0.2, 0.25) is 32.9 Å². The van der Waals surface area contributed by atoms with Gasteiger partial charge in [0.05, 0.1) is 107 Å². The van der Waals surface area contributed by atoms with Crippen LogP contribution in [0, 0.1) is 5.92 Å². The highest BCUT2D eigenvalue weighted by molar-refractivity contribution is 6.17. The molecule has 1 N–H and O–H groups in total. The van der Waals surface area contributed by atoms with Crippen LogP contribution in [0.15, 0.2) is 127 Å². The number of rotatable bonds is 17. The number of aromatic hydroxyl groups is 1. The van der Waals surface area contributed by atoms with Crippen LogP contribution in [0.25, 0.3) is 71.8 Å². The third-order valence-electron chi connectivity index (χ3n) is 20.7. The molecule has 1 fully saturated rings. The molecule has 8 heterocycles. The Morgan fingerprint density at radius 1 is 0.322 bits per heavy atom. The van der Waals surface area contributed by atoms with Gasteiger partial charge in [0.25, 0.3) is 0 Å². The molecule has 0 saturated carbocycles. The fourth-order valence-corrected chi connectivity index (χ4v) is 15.4. The zero-order valence-corrected chi connectivity index (χ0v) is 64.0. The van der Waals surface area contributed by atoms with Gasteiger partial charge in [-0.1, -0.05) is 30.3 Å². The highest BCUT2D eigenvalue weighted by Crippen LogP contribution is 2.56. The van der Waals surface area contributed by atoms with Gasteiger partial charge in [0.15, 0.2) is 92.0 Å². The summed E-state index contributed by atoms with van der Waals surface area (Å²) < 4.78 is 126. The number of methoxy groups -OCH3 is 11. The number of ether oxygens (including phenoxy) is 23. The summed E-state index contributed by atoms with van der Waals surface area (Å²) in [7, 11) is 17.2. The Kier molecular flexibility index (Phi) is 20.3. The Hall–Kier alpha value is -14.2. The van der Waals surface area contributed by atoms with E-state index in [1.54, 1.807) is 95.4 Å². The molecule has 1 atom stereocenters. The van der Waals surface area contributed by atoms with E-state index in [-0.39, 0.29) is 70.6 Å². The maximum atomic E-state index is 12.8. The van der Waals surface area contributed by atoms with Crippen molar-refractivity contribution in [3.63, 3.8) is 0 Å². The van der Waals surface area contributed by atoms with Crippen molar-refractivity contribution < 1.29 is 133 Å². The van der Waals surface area contributed by atoms with Gasteiger partial charge >= 0.3 is 23.9 Å². The molecule has 0 bridgehead atoms. The summed E-state index contributed by atoms with van der Waals surface area (Å²) in [6.45, 7) is 1.30. The number of carbonyl (C=O) groups is 4. The Labute approximate surface area is 656 Å². The molecule has 0 aliphatic carbocycles. The first-order valence-corrected chi connectivity index (χ1v) is 35.9. The van der Waals surface area contributed by atoms with Gasteiger partial charge in [0.1, 0.15) is 37.1 Å². The Balaban J connectivity index is 0.000000115. The van der Waals surface area contributed by atoms with E-state index in [1.807, 2.05) is 103 Å². The summed E-state index contributed by atoms with van der Waals surface area (Å²) in [6.07, 6.45) is 2.53. The smallest absolute Gasteiger partial charge is 0.339 e. The van der Waals surface area contributed by atoms with Crippen LogP contribution in [-0.2, 0) is 50.0 Å². The summed E-state index contributed by atoms with van der Waals surface area (Å²) >= 11 is 0. The van der Waals surface area contributed by atoms with Crippen LogP contribution in [-0.4, -0.2) is 141 Å². The van der Waals surface area contributed by atoms with E-state index in [0.717, 1.165) is 44.2 Å². The Bertz CT molecular complexity index is 5860. The van der Waals surface area contributed by atoms with E-state index in [1.165, 1.54) is 7.11 Å². The zero-order chi connectivity index (χ0) is 80.0. The average Bonchev–Trinajstić information content (AvgIpc) is 1.14. The molecular formula is C87H74O28. The van der Waals surface area contributed by atoms with E-state index >= 15 is 0 Å². The molecule has 0 amide bonds. The number of phenols is 1. The molecule has 8 aliphatic heterocycles. The lowest BCUT2D eigenvalue weighted by atomic mass is 9.88. The van der Waals surface area contributed by atoms with E-state index in [4.69, 9.17) is 109 Å². The number of hydrogen-bond acceptors (Lipinski definition) is 28. The van der Waals surface area contributed by atoms with Gasteiger partial charge in [-0.05, 0) is 142 Å². The minimum Gasteiger partial charge on any atom is -0.507 e. The second-order valence-corrected chi connectivity index (χ2v) is 26.5. The summed E-state index contributed by atoms with van der Waals surface area (Å²) in [5.74, 6) is 9.48. The van der Waals surface area contributed by atoms with Gasteiger partial charge in [-0.3, -0.25) is 0 Å². The Morgan fingerprint density at radius 2 is 0.730 bits per heavy atom. The molecule has 0 aromatic heterocycles. The third kappa shape index (κ3) is 13.2. The minimum atomic E-state index is -0.477. The molecule has 8 aliphatic rings. The predicted molar refractivity (Wildman–Crippen MR) is 413 cm³/mol. The monoisotopic (exact) mass is 1570 g/mol. The molecule has 1 unspecified atom stereocenters. The minimum absolute atomic E-state index is 0.0124. The molecule has 28 heteroatoms. The first-order chi connectivity index (χ1) is 56.1. The van der Waals surface area contributed by atoms with E-state index in [2.05, 4.69) is 0 Å². The van der Waals surface area contributed by atoms with Crippen LogP contribution in [0.3, 0.4) is 0 Å². The van der Waals surface area contributed by atoms with E-state index < -0.39 is 11.9 Å². The summed E-state index contributed by atoms with van der Waals surface area (Å²) in [6, 6.07) is 36.9. The fraction of sp³-hybridized carbons (Fsp3) is 0.241. The van der Waals surface area contributed by atoms with Gasteiger partial charge in [-0.25, -0.2) is 19.2 Å². The van der Waals surface area contributed by atoms with Crippen LogP contribution < -0.4 is 90.0 Å². The van der Waals surface area contributed by atoms with Crippen LogP contribution in [0.4, 0.5) is 0 Å². The maximum Gasteiger partial charge on any atom is 0.339 e. The first-order valence-electron chi connectivity index (χ1n) is 35.9. The standard InChI is InChI=1S/C23H20O8.C22H18O7.C21H16O7.C21H20O6/c1-25-16-8-12-17(11-5-6-14-15(7-11)31-10-30-14)18-13(9-29-23(18)24)20(26-2)19(12)22(28-4)21(16)27-3;1-24-16-7-12-13(8-17(16)25-2)21(26-3)14-9-27-22(23)20(14)19(12)11-4-5-15-18(6-11)29-10-28-15;1-24-14-4-3-10(5-15(14)25-2)18-11-6-16-17(28-9-27-16)7-12(11)20(22)13-8-26-21(23)19(13)18;1-23-17-5-3-13(9-19(17)24-2)7-15-11-25-21(22)16(15)8-14-4-6-18-20(10-14)27-12-26-18/h5-8H,9-10H2,1-4H3;4-8H,9-10H2,1-3H3;3-7,22H,8-9H2,1-2H3;3-6,8-10,15H,7,11-12H2,1-2H3/b;;;16-8-. The van der Waals surface area contributed by atoms with Crippen molar-refractivity contribution in [1.29, 1.82) is 0 Å². The molecule has 19 rings (SSSR count). The summed E-state index contributed by atoms with van der Waals surface area (Å²) in [5, 5.41) is 15.0. The van der Waals surface area contributed by atoms with Gasteiger partial charge in [-0.15, -0.1) is 0 Å². The second kappa shape index (κ2) is 31.2.